The molecule has 108 valence electrons. The highest BCUT2D eigenvalue weighted by atomic mass is 16.5. The Labute approximate surface area is 113 Å². The van der Waals surface area contributed by atoms with Gasteiger partial charge in [0.25, 0.3) is 0 Å². The molecule has 0 aliphatic heterocycles. The maximum Gasteiger partial charge on any atom is 0.0940 e. The normalized spacial score (nSPS) is 23.3. The van der Waals surface area contributed by atoms with Crippen LogP contribution in [-0.4, -0.2) is 23.4 Å². The van der Waals surface area contributed by atoms with E-state index in [0.717, 1.165) is 25.9 Å². The van der Waals surface area contributed by atoms with Gasteiger partial charge in [0.15, 0.2) is 0 Å². The minimum absolute atomic E-state index is 0.243. The van der Waals surface area contributed by atoms with Crippen LogP contribution in [-0.2, 0) is 4.74 Å². The average molecular weight is 256 g/mol. The highest BCUT2D eigenvalue weighted by molar-refractivity contribution is 4.91. The lowest BCUT2D eigenvalue weighted by Gasteiger charge is -2.38. The van der Waals surface area contributed by atoms with Gasteiger partial charge in [0, 0.05) is 6.61 Å². The summed E-state index contributed by atoms with van der Waals surface area (Å²) in [6.45, 7) is 7.24. The van der Waals surface area contributed by atoms with Gasteiger partial charge in [-0.1, -0.05) is 52.4 Å². The summed E-state index contributed by atoms with van der Waals surface area (Å²) in [5.41, 5.74) is -0.243. The fourth-order valence-corrected chi connectivity index (χ4v) is 3.39. The Morgan fingerprint density at radius 3 is 2.22 bits per heavy atom. The van der Waals surface area contributed by atoms with Gasteiger partial charge in [-0.05, 0) is 32.1 Å². The van der Waals surface area contributed by atoms with E-state index < -0.39 is 0 Å². The standard InChI is InChI=1S/C16H32O2/c1-4-10-14(3)13-15(17)16(18-5-2)11-8-6-7-9-12-16/h14-15,17H,4-13H2,1-3H3. The summed E-state index contributed by atoms with van der Waals surface area (Å²) in [6.07, 6.45) is 10.1. The lowest BCUT2D eigenvalue weighted by Crippen LogP contribution is -2.45. The maximum atomic E-state index is 10.7. The smallest absolute Gasteiger partial charge is 0.0940 e. The van der Waals surface area contributed by atoms with Crippen molar-refractivity contribution < 1.29 is 9.84 Å². The molecule has 1 aliphatic carbocycles. The number of aliphatic hydroxyl groups is 1. The Kier molecular flexibility index (Phi) is 7.25. The quantitative estimate of drug-likeness (QED) is 0.688. The topological polar surface area (TPSA) is 29.5 Å². The van der Waals surface area contributed by atoms with Gasteiger partial charge < -0.3 is 9.84 Å². The average Bonchev–Trinajstić information content (AvgIpc) is 2.56. The van der Waals surface area contributed by atoms with Gasteiger partial charge in [0.2, 0.25) is 0 Å². The first-order valence-electron chi connectivity index (χ1n) is 7.96. The molecule has 0 bridgehead atoms. The van der Waals surface area contributed by atoms with Crippen LogP contribution in [0, 0.1) is 5.92 Å². The molecule has 0 spiro atoms. The van der Waals surface area contributed by atoms with E-state index in [1.54, 1.807) is 0 Å². The Hall–Kier alpha value is -0.0800. The Morgan fingerprint density at radius 1 is 1.11 bits per heavy atom. The minimum Gasteiger partial charge on any atom is -0.390 e. The molecule has 1 N–H and O–H groups in total. The predicted octanol–water partition coefficient (Wildman–Crippen LogP) is 4.30. The third-order valence-electron chi connectivity index (χ3n) is 4.40. The van der Waals surface area contributed by atoms with Crippen molar-refractivity contribution in [3.8, 4) is 0 Å². The third-order valence-corrected chi connectivity index (χ3v) is 4.40. The van der Waals surface area contributed by atoms with E-state index in [9.17, 15) is 5.11 Å². The van der Waals surface area contributed by atoms with Crippen molar-refractivity contribution in [1.29, 1.82) is 0 Å². The summed E-state index contributed by atoms with van der Waals surface area (Å²) in [5, 5.41) is 10.7. The Bertz CT molecular complexity index is 207. The zero-order valence-corrected chi connectivity index (χ0v) is 12.6. The van der Waals surface area contributed by atoms with Gasteiger partial charge in [0.1, 0.15) is 0 Å². The summed E-state index contributed by atoms with van der Waals surface area (Å²) in [7, 11) is 0. The number of aliphatic hydroxyl groups excluding tert-OH is 1. The summed E-state index contributed by atoms with van der Waals surface area (Å²) in [5.74, 6) is 0.602. The molecule has 1 fully saturated rings. The molecule has 0 aromatic heterocycles. The van der Waals surface area contributed by atoms with E-state index in [4.69, 9.17) is 4.74 Å². The second-order valence-corrected chi connectivity index (χ2v) is 6.06. The van der Waals surface area contributed by atoms with Gasteiger partial charge in [-0.25, -0.2) is 0 Å². The summed E-state index contributed by atoms with van der Waals surface area (Å²) < 4.78 is 6.04. The first kappa shape index (κ1) is 16.0. The van der Waals surface area contributed by atoms with Crippen molar-refractivity contribution in [1.82, 2.24) is 0 Å². The molecule has 2 atom stereocenters. The first-order valence-corrected chi connectivity index (χ1v) is 7.96. The van der Waals surface area contributed by atoms with Crippen LogP contribution in [0.4, 0.5) is 0 Å². The van der Waals surface area contributed by atoms with Gasteiger partial charge in [-0.3, -0.25) is 0 Å². The highest BCUT2D eigenvalue weighted by Crippen LogP contribution is 2.36. The second kappa shape index (κ2) is 8.16. The molecule has 1 rings (SSSR count). The van der Waals surface area contributed by atoms with Gasteiger partial charge in [0.05, 0.1) is 11.7 Å². The van der Waals surface area contributed by atoms with Crippen LogP contribution in [0.2, 0.25) is 0 Å². The van der Waals surface area contributed by atoms with Crippen molar-refractivity contribution in [2.24, 2.45) is 5.92 Å². The molecule has 2 nitrogen and oxygen atoms in total. The molecule has 0 radical (unpaired) electrons. The van der Waals surface area contributed by atoms with Crippen LogP contribution in [0.15, 0.2) is 0 Å². The maximum absolute atomic E-state index is 10.7. The van der Waals surface area contributed by atoms with E-state index in [2.05, 4.69) is 20.8 Å². The lowest BCUT2D eigenvalue weighted by molar-refractivity contribution is -0.134. The predicted molar refractivity (Wildman–Crippen MR) is 76.8 cm³/mol. The molecule has 2 heteroatoms. The van der Waals surface area contributed by atoms with Crippen molar-refractivity contribution in [2.45, 2.75) is 90.3 Å². The fraction of sp³-hybridized carbons (Fsp3) is 1.00. The van der Waals surface area contributed by atoms with Crippen molar-refractivity contribution in [3.05, 3.63) is 0 Å². The Balaban J connectivity index is 2.62. The molecule has 0 amide bonds. The van der Waals surface area contributed by atoms with Crippen LogP contribution in [0.3, 0.4) is 0 Å². The van der Waals surface area contributed by atoms with E-state index in [-0.39, 0.29) is 11.7 Å². The monoisotopic (exact) mass is 256 g/mol. The first-order chi connectivity index (χ1) is 8.64. The van der Waals surface area contributed by atoms with Crippen molar-refractivity contribution in [2.75, 3.05) is 6.61 Å². The van der Waals surface area contributed by atoms with Crippen LogP contribution in [0.5, 0.6) is 0 Å². The summed E-state index contributed by atoms with van der Waals surface area (Å²) in [6, 6.07) is 0. The molecular formula is C16H32O2. The SMILES string of the molecule is CCCC(C)CC(O)C1(OCC)CCCCCC1. The van der Waals surface area contributed by atoms with Crippen LogP contribution < -0.4 is 0 Å². The zero-order chi connectivity index (χ0) is 13.4. The zero-order valence-electron chi connectivity index (χ0n) is 12.6. The molecule has 0 heterocycles. The van der Waals surface area contributed by atoms with Gasteiger partial charge in [-0.15, -0.1) is 0 Å². The van der Waals surface area contributed by atoms with Gasteiger partial charge in [-0.2, -0.15) is 0 Å². The largest absolute Gasteiger partial charge is 0.390 e. The van der Waals surface area contributed by atoms with E-state index in [0.29, 0.717) is 5.92 Å². The Morgan fingerprint density at radius 2 is 1.72 bits per heavy atom. The van der Waals surface area contributed by atoms with Crippen LogP contribution in [0.25, 0.3) is 0 Å². The number of hydrogen-bond donors (Lipinski definition) is 1. The molecule has 0 saturated heterocycles. The fourth-order valence-electron chi connectivity index (χ4n) is 3.39. The van der Waals surface area contributed by atoms with Crippen LogP contribution >= 0.6 is 0 Å². The van der Waals surface area contributed by atoms with Crippen LogP contribution in [0.1, 0.15) is 78.6 Å². The number of rotatable bonds is 7. The minimum atomic E-state index is -0.280. The molecular weight excluding hydrogens is 224 g/mol. The molecule has 0 aromatic carbocycles. The molecule has 0 aromatic rings. The van der Waals surface area contributed by atoms with E-state index in [1.165, 1.54) is 38.5 Å². The van der Waals surface area contributed by atoms with E-state index >= 15 is 0 Å². The lowest BCUT2D eigenvalue weighted by atomic mass is 9.82. The molecule has 1 saturated carbocycles. The van der Waals surface area contributed by atoms with Crippen molar-refractivity contribution in [3.63, 3.8) is 0 Å². The highest BCUT2D eigenvalue weighted by Gasteiger charge is 2.39. The van der Waals surface area contributed by atoms with Crippen molar-refractivity contribution >= 4 is 0 Å². The molecule has 18 heavy (non-hydrogen) atoms. The third kappa shape index (κ3) is 4.55. The molecule has 1 aliphatic rings. The number of ether oxygens (including phenoxy) is 1. The summed E-state index contributed by atoms with van der Waals surface area (Å²) >= 11 is 0. The summed E-state index contributed by atoms with van der Waals surface area (Å²) in [4.78, 5) is 0. The second-order valence-electron chi connectivity index (χ2n) is 6.06. The van der Waals surface area contributed by atoms with E-state index in [1.807, 2.05) is 0 Å². The molecule has 2 unspecified atom stereocenters. The number of hydrogen-bond acceptors (Lipinski definition) is 2. The van der Waals surface area contributed by atoms with Gasteiger partial charge >= 0.3 is 0 Å².